The fraction of sp³-hybridized carbons (Fsp3) is 0.462. The second-order valence-corrected chi connectivity index (χ2v) is 5.76. The zero-order valence-corrected chi connectivity index (χ0v) is 11.5. The molecule has 0 saturated carbocycles. The summed E-state index contributed by atoms with van der Waals surface area (Å²) in [5, 5.41) is 11.4. The number of thiophene rings is 1. The van der Waals surface area contributed by atoms with Crippen molar-refractivity contribution in [3.8, 4) is 0 Å². The van der Waals surface area contributed by atoms with E-state index in [0.717, 1.165) is 15.8 Å². The number of hydrogen-bond donors (Lipinski definition) is 1. The van der Waals surface area contributed by atoms with Gasteiger partial charge in [-0.05, 0) is 30.2 Å². The topological polar surface area (TPSA) is 63.1 Å². The molecule has 96 valence electrons. The first-order valence-corrected chi connectivity index (χ1v) is 6.80. The molecule has 0 saturated heterocycles. The van der Waals surface area contributed by atoms with Gasteiger partial charge in [0.05, 0.1) is 15.9 Å². The van der Waals surface area contributed by atoms with Gasteiger partial charge in [0, 0.05) is 0 Å². The summed E-state index contributed by atoms with van der Waals surface area (Å²) in [6.45, 7) is 6.02. The summed E-state index contributed by atoms with van der Waals surface area (Å²) >= 11 is 1.53. The van der Waals surface area contributed by atoms with Crippen molar-refractivity contribution in [3.63, 3.8) is 0 Å². The van der Waals surface area contributed by atoms with Gasteiger partial charge in [-0.25, -0.2) is 9.97 Å². The molecule has 0 aliphatic rings. The number of rotatable bonds is 4. The molecule has 0 spiro atoms. The standard InChI is InChI=1S/C13H16N2O2S/c1-7(2)4-9(13(16)17)11-12-10(14-6-15-11)8(3)5-18-12/h5-7,9H,4H2,1-3H3,(H,16,17). The van der Waals surface area contributed by atoms with Crippen molar-refractivity contribution in [1.29, 1.82) is 0 Å². The summed E-state index contributed by atoms with van der Waals surface area (Å²) < 4.78 is 0.906. The number of hydrogen-bond acceptors (Lipinski definition) is 4. The highest BCUT2D eigenvalue weighted by molar-refractivity contribution is 7.17. The Balaban J connectivity index is 2.53. The minimum absolute atomic E-state index is 0.317. The van der Waals surface area contributed by atoms with Crippen LogP contribution in [0.15, 0.2) is 11.7 Å². The van der Waals surface area contributed by atoms with Crippen LogP contribution in [-0.2, 0) is 4.79 Å². The van der Waals surface area contributed by atoms with E-state index in [2.05, 4.69) is 9.97 Å². The molecule has 2 rings (SSSR count). The van der Waals surface area contributed by atoms with Crippen LogP contribution in [0.3, 0.4) is 0 Å². The van der Waals surface area contributed by atoms with Gasteiger partial charge in [0.1, 0.15) is 12.2 Å². The molecule has 1 N–H and O–H groups in total. The van der Waals surface area contributed by atoms with Crippen LogP contribution in [0.1, 0.15) is 37.4 Å². The maximum atomic E-state index is 11.4. The maximum absolute atomic E-state index is 11.4. The molecule has 5 heteroatoms. The molecule has 2 aromatic rings. The maximum Gasteiger partial charge on any atom is 0.312 e. The molecule has 2 aromatic heterocycles. The van der Waals surface area contributed by atoms with E-state index in [9.17, 15) is 9.90 Å². The van der Waals surface area contributed by atoms with Crippen LogP contribution in [-0.4, -0.2) is 21.0 Å². The van der Waals surface area contributed by atoms with E-state index in [1.54, 1.807) is 0 Å². The highest BCUT2D eigenvalue weighted by Crippen LogP contribution is 2.32. The fourth-order valence-corrected chi connectivity index (χ4v) is 3.08. The molecule has 4 nitrogen and oxygen atoms in total. The summed E-state index contributed by atoms with van der Waals surface area (Å²) in [6.07, 6.45) is 2.06. The van der Waals surface area contributed by atoms with Crippen LogP contribution in [0.25, 0.3) is 10.2 Å². The summed E-state index contributed by atoms with van der Waals surface area (Å²) in [5.41, 5.74) is 2.60. The summed E-state index contributed by atoms with van der Waals surface area (Å²) in [5.74, 6) is -1.04. The Morgan fingerprint density at radius 3 is 2.78 bits per heavy atom. The van der Waals surface area contributed by atoms with Crippen molar-refractivity contribution in [2.75, 3.05) is 0 Å². The Morgan fingerprint density at radius 1 is 1.44 bits per heavy atom. The van der Waals surface area contributed by atoms with Gasteiger partial charge in [0.15, 0.2) is 0 Å². The summed E-state index contributed by atoms with van der Waals surface area (Å²) in [4.78, 5) is 19.9. The van der Waals surface area contributed by atoms with Gasteiger partial charge in [0.25, 0.3) is 0 Å². The van der Waals surface area contributed by atoms with E-state index in [1.807, 2.05) is 26.2 Å². The molecule has 0 amide bonds. The first-order valence-electron chi connectivity index (χ1n) is 5.92. The first kappa shape index (κ1) is 13.0. The van der Waals surface area contributed by atoms with Crippen molar-refractivity contribution in [2.24, 2.45) is 5.92 Å². The molecule has 0 bridgehead atoms. The van der Waals surface area contributed by atoms with Crippen molar-refractivity contribution in [3.05, 3.63) is 23.0 Å². The minimum Gasteiger partial charge on any atom is -0.481 e. The third-order valence-electron chi connectivity index (χ3n) is 2.89. The van der Waals surface area contributed by atoms with E-state index in [-0.39, 0.29) is 0 Å². The van der Waals surface area contributed by atoms with Crippen LogP contribution in [0, 0.1) is 12.8 Å². The smallest absolute Gasteiger partial charge is 0.312 e. The molecule has 1 unspecified atom stereocenters. The normalized spacial score (nSPS) is 13.1. The van der Waals surface area contributed by atoms with Gasteiger partial charge in [0.2, 0.25) is 0 Å². The Morgan fingerprint density at radius 2 is 2.17 bits per heavy atom. The lowest BCUT2D eigenvalue weighted by Gasteiger charge is -2.14. The molecule has 0 aliphatic heterocycles. The number of aromatic nitrogens is 2. The third-order valence-corrected chi connectivity index (χ3v) is 4.00. The van der Waals surface area contributed by atoms with Gasteiger partial charge in [-0.2, -0.15) is 0 Å². The molecule has 18 heavy (non-hydrogen) atoms. The Hall–Kier alpha value is -1.49. The van der Waals surface area contributed by atoms with Crippen molar-refractivity contribution >= 4 is 27.5 Å². The van der Waals surface area contributed by atoms with Crippen molar-refractivity contribution in [2.45, 2.75) is 33.1 Å². The summed E-state index contributed by atoms with van der Waals surface area (Å²) in [7, 11) is 0. The lowest BCUT2D eigenvalue weighted by Crippen LogP contribution is -2.15. The van der Waals surface area contributed by atoms with E-state index in [0.29, 0.717) is 18.0 Å². The average Bonchev–Trinajstić information content (AvgIpc) is 2.68. The Labute approximate surface area is 110 Å². The second kappa shape index (κ2) is 5.02. The minimum atomic E-state index is -0.810. The number of aryl methyl sites for hydroxylation is 1. The molecule has 1 atom stereocenters. The van der Waals surface area contributed by atoms with Crippen LogP contribution in [0.2, 0.25) is 0 Å². The highest BCUT2D eigenvalue weighted by Gasteiger charge is 2.25. The number of fused-ring (bicyclic) bond motifs is 1. The fourth-order valence-electron chi connectivity index (χ4n) is 2.04. The van der Waals surface area contributed by atoms with E-state index in [4.69, 9.17) is 0 Å². The molecule has 0 aromatic carbocycles. The van der Waals surface area contributed by atoms with E-state index in [1.165, 1.54) is 17.7 Å². The molecule has 0 fully saturated rings. The van der Waals surface area contributed by atoms with Crippen LogP contribution >= 0.6 is 11.3 Å². The quantitative estimate of drug-likeness (QED) is 0.921. The highest BCUT2D eigenvalue weighted by atomic mass is 32.1. The predicted octanol–water partition coefficient (Wildman–Crippen LogP) is 3.21. The molecular formula is C13H16N2O2S. The van der Waals surface area contributed by atoms with Gasteiger partial charge in [-0.3, -0.25) is 4.79 Å². The number of carbonyl (C=O) groups is 1. The zero-order chi connectivity index (χ0) is 13.3. The third kappa shape index (κ3) is 2.36. The number of carboxylic acids is 1. The van der Waals surface area contributed by atoms with Gasteiger partial charge in [-0.15, -0.1) is 11.3 Å². The number of nitrogens with zero attached hydrogens (tertiary/aromatic N) is 2. The molecular weight excluding hydrogens is 248 g/mol. The van der Waals surface area contributed by atoms with Crippen molar-refractivity contribution in [1.82, 2.24) is 9.97 Å². The molecule has 0 radical (unpaired) electrons. The van der Waals surface area contributed by atoms with Crippen molar-refractivity contribution < 1.29 is 9.90 Å². The van der Waals surface area contributed by atoms with Crippen LogP contribution < -0.4 is 0 Å². The Kier molecular flexibility index (Phi) is 3.61. The summed E-state index contributed by atoms with van der Waals surface area (Å²) in [6, 6.07) is 0. The van der Waals surface area contributed by atoms with Crippen LogP contribution in [0.5, 0.6) is 0 Å². The lowest BCUT2D eigenvalue weighted by atomic mass is 9.94. The molecule has 0 aliphatic carbocycles. The SMILES string of the molecule is Cc1csc2c(C(CC(C)C)C(=O)O)ncnc12. The predicted molar refractivity (Wildman–Crippen MR) is 72.0 cm³/mol. The largest absolute Gasteiger partial charge is 0.481 e. The van der Waals surface area contributed by atoms with Crippen LogP contribution in [0.4, 0.5) is 0 Å². The monoisotopic (exact) mass is 264 g/mol. The first-order chi connectivity index (χ1) is 8.50. The number of carboxylic acid groups (broad SMARTS) is 1. The van der Waals surface area contributed by atoms with Gasteiger partial charge < -0.3 is 5.11 Å². The van der Waals surface area contributed by atoms with Gasteiger partial charge in [-0.1, -0.05) is 13.8 Å². The second-order valence-electron chi connectivity index (χ2n) is 4.88. The number of aliphatic carboxylic acids is 1. The van der Waals surface area contributed by atoms with E-state index >= 15 is 0 Å². The Bertz CT molecular complexity index is 577. The van der Waals surface area contributed by atoms with Gasteiger partial charge >= 0.3 is 5.97 Å². The van der Waals surface area contributed by atoms with E-state index < -0.39 is 11.9 Å². The average molecular weight is 264 g/mol. The lowest BCUT2D eigenvalue weighted by molar-refractivity contribution is -0.139. The zero-order valence-electron chi connectivity index (χ0n) is 10.7. The molecule has 2 heterocycles.